The van der Waals surface area contributed by atoms with Crippen LogP contribution in [-0.4, -0.2) is 50.2 Å². The maximum Gasteiger partial charge on any atom is 0.303 e. The minimum atomic E-state index is -0.805. The van der Waals surface area contributed by atoms with Crippen LogP contribution in [-0.2, 0) is 9.59 Å². The number of thioether (sulfide) groups is 1. The van der Waals surface area contributed by atoms with E-state index < -0.39 is 5.97 Å². The van der Waals surface area contributed by atoms with Crippen LogP contribution in [0.4, 0.5) is 0 Å². The Morgan fingerprint density at radius 3 is 2.65 bits per heavy atom. The van der Waals surface area contributed by atoms with Gasteiger partial charge in [0.2, 0.25) is 5.91 Å². The minimum absolute atomic E-state index is 0.0489. The third-order valence-electron chi connectivity index (χ3n) is 3.93. The second-order valence-electron chi connectivity index (χ2n) is 5.89. The molecular weight excluding hydrogens is 314 g/mol. The van der Waals surface area contributed by atoms with Crippen molar-refractivity contribution in [2.45, 2.75) is 57.1 Å². The minimum Gasteiger partial charge on any atom is -0.481 e. The van der Waals surface area contributed by atoms with Crippen LogP contribution < -0.4 is 0 Å². The van der Waals surface area contributed by atoms with Crippen LogP contribution in [0.1, 0.15) is 43.5 Å². The van der Waals surface area contributed by atoms with Gasteiger partial charge in [0, 0.05) is 30.4 Å². The third-order valence-corrected chi connectivity index (χ3v) is 4.76. The predicted octanol–water partition coefficient (Wildman–Crippen LogP) is 2.43. The summed E-state index contributed by atoms with van der Waals surface area (Å²) in [6.45, 7) is 4.54. The van der Waals surface area contributed by atoms with Gasteiger partial charge in [-0.05, 0) is 45.6 Å². The maximum atomic E-state index is 12.5. The number of carboxylic acids is 1. The number of carboxylic acid groups (broad SMARTS) is 1. The molecule has 1 amide bonds. The van der Waals surface area contributed by atoms with Crippen molar-refractivity contribution in [3.63, 3.8) is 0 Å². The quantitative estimate of drug-likeness (QED) is 0.634. The fourth-order valence-electron chi connectivity index (χ4n) is 2.89. The molecule has 23 heavy (non-hydrogen) atoms. The van der Waals surface area contributed by atoms with Crippen LogP contribution in [0.15, 0.2) is 11.2 Å². The van der Waals surface area contributed by atoms with Crippen molar-refractivity contribution < 1.29 is 14.7 Å². The van der Waals surface area contributed by atoms with Crippen LogP contribution >= 0.6 is 11.8 Å². The standard InChI is InChI=1S/C16H23N3O3S/c1-11-9-12(2)18-16(17-11)23-10-14(20)19-8-4-3-5-13(19)6-7-15(21)22/h9,13H,3-8,10H2,1-2H3,(H,21,22). The number of rotatable bonds is 6. The van der Waals surface area contributed by atoms with Crippen molar-refractivity contribution in [3.8, 4) is 0 Å². The van der Waals surface area contributed by atoms with E-state index in [0.717, 1.165) is 37.2 Å². The van der Waals surface area contributed by atoms with Crippen molar-refractivity contribution in [2.24, 2.45) is 0 Å². The normalized spacial score (nSPS) is 18.0. The van der Waals surface area contributed by atoms with Gasteiger partial charge in [-0.15, -0.1) is 0 Å². The Morgan fingerprint density at radius 2 is 2.00 bits per heavy atom. The predicted molar refractivity (Wildman–Crippen MR) is 88.5 cm³/mol. The molecule has 1 atom stereocenters. The number of aryl methyl sites for hydroxylation is 2. The molecule has 1 unspecified atom stereocenters. The van der Waals surface area contributed by atoms with Crippen molar-refractivity contribution in [1.82, 2.24) is 14.9 Å². The molecule has 1 aromatic rings. The number of hydrogen-bond acceptors (Lipinski definition) is 5. The lowest BCUT2D eigenvalue weighted by Crippen LogP contribution is -2.44. The second kappa shape index (κ2) is 8.29. The summed E-state index contributed by atoms with van der Waals surface area (Å²) in [6, 6.07) is 1.95. The van der Waals surface area contributed by atoms with E-state index in [2.05, 4.69) is 9.97 Å². The number of amides is 1. The van der Waals surface area contributed by atoms with Gasteiger partial charge in [0.25, 0.3) is 0 Å². The first kappa shape index (κ1) is 17.7. The summed E-state index contributed by atoms with van der Waals surface area (Å²) in [5, 5.41) is 9.47. The number of aromatic nitrogens is 2. The Bertz CT molecular complexity index is 559. The van der Waals surface area contributed by atoms with Gasteiger partial charge in [-0.3, -0.25) is 9.59 Å². The van der Waals surface area contributed by atoms with E-state index in [1.807, 2.05) is 24.8 Å². The van der Waals surface area contributed by atoms with Gasteiger partial charge in [-0.25, -0.2) is 9.97 Å². The summed E-state index contributed by atoms with van der Waals surface area (Å²) >= 11 is 1.35. The van der Waals surface area contributed by atoms with Crippen molar-refractivity contribution in [3.05, 3.63) is 17.5 Å². The maximum absolute atomic E-state index is 12.5. The largest absolute Gasteiger partial charge is 0.481 e. The van der Waals surface area contributed by atoms with Crippen molar-refractivity contribution >= 4 is 23.6 Å². The summed E-state index contributed by atoms with van der Waals surface area (Å²) in [5.41, 5.74) is 1.79. The highest BCUT2D eigenvalue weighted by Gasteiger charge is 2.27. The topological polar surface area (TPSA) is 83.4 Å². The van der Waals surface area contributed by atoms with Crippen molar-refractivity contribution in [2.75, 3.05) is 12.3 Å². The first-order valence-corrected chi connectivity index (χ1v) is 8.90. The third kappa shape index (κ3) is 5.49. The second-order valence-corrected chi connectivity index (χ2v) is 6.83. The Labute approximate surface area is 140 Å². The molecule has 2 heterocycles. The Balaban J connectivity index is 1.93. The highest BCUT2D eigenvalue weighted by molar-refractivity contribution is 7.99. The van der Waals surface area contributed by atoms with Crippen LogP contribution in [0.5, 0.6) is 0 Å². The molecule has 0 bridgehead atoms. The van der Waals surface area contributed by atoms with Crippen LogP contribution in [0, 0.1) is 13.8 Å². The van der Waals surface area contributed by atoms with Gasteiger partial charge in [-0.2, -0.15) is 0 Å². The fraction of sp³-hybridized carbons (Fsp3) is 0.625. The highest BCUT2D eigenvalue weighted by atomic mass is 32.2. The number of piperidine rings is 1. The molecule has 0 spiro atoms. The van der Waals surface area contributed by atoms with Gasteiger partial charge in [0.05, 0.1) is 5.75 Å². The van der Waals surface area contributed by atoms with E-state index in [4.69, 9.17) is 5.11 Å². The van der Waals surface area contributed by atoms with Crippen molar-refractivity contribution in [1.29, 1.82) is 0 Å². The summed E-state index contributed by atoms with van der Waals surface area (Å²) in [4.78, 5) is 33.8. The van der Waals surface area contributed by atoms with Gasteiger partial charge < -0.3 is 10.0 Å². The number of nitrogens with zero attached hydrogens (tertiary/aromatic N) is 3. The zero-order valence-corrected chi connectivity index (χ0v) is 14.4. The SMILES string of the molecule is Cc1cc(C)nc(SCC(=O)N2CCCCC2CCC(=O)O)n1. The number of hydrogen-bond donors (Lipinski definition) is 1. The van der Waals surface area contributed by atoms with Gasteiger partial charge in [0.15, 0.2) is 5.16 Å². The molecule has 1 aliphatic rings. The zero-order chi connectivity index (χ0) is 16.8. The Hall–Kier alpha value is -1.63. The van der Waals surface area contributed by atoms with E-state index in [9.17, 15) is 9.59 Å². The molecule has 0 aliphatic carbocycles. The zero-order valence-electron chi connectivity index (χ0n) is 13.6. The first-order valence-electron chi connectivity index (χ1n) is 7.92. The van der Waals surface area contributed by atoms with Gasteiger partial charge in [-0.1, -0.05) is 11.8 Å². The molecule has 1 aliphatic heterocycles. The van der Waals surface area contributed by atoms with E-state index in [0.29, 0.717) is 17.3 Å². The van der Waals surface area contributed by atoms with Crippen LogP contribution in [0.2, 0.25) is 0 Å². The van der Waals surface area contributed by atoms with Crippen LogP contribution in [0.25, 0.3) is 0 Å². The van der Waals surface area contributed by atoms with E-state index in [1.54, 1.807) is 0 Å². The summed E-state index contributed by atoms with van der Waals surface area (Å²) in [5.74, 6) is -0.458. The highest BCUT2D eigenvalue weighted by Crippen LogP contribution is 2.23. The average molecular weight is 337 g/mol. The molecule has 0 radical (unpaired) electrons. The lowest BCUT2D eigenvalue weighted by molar-refractivity contribution is -0.139. The number of likely N-dealkylation sites (tertiary alicyclic amines) is 1. The molecule has 0 saturated carbocycles. The molecular formula is C16H23N3O3S. The molecule has 1 N–H and O–H groups in total. The summed E-state index contributed by atoms with van der Waals surface area (Å²) in [6.07, 6.45) is 3.58. The van der Waals surface area contributed by atoms with E-state index in [1.165, 1.54) is 11.8 Å². The monoisotopic (exact) mass is 337 g/mol. The fourth-order valence-corrected chi connectivity index (χ4v) is 3.72. The summed E-state index contributed by atoms with van der Waals surface area (Å²) in [7, 11) is 0. The van der Waals surface area contributed by atoms with Gasteiger partial charge in [0.1, 0.15) is 0 Å². The lowest BCUT2D eigenvalue weighted by Gasteiger charge is -2.35. The van der Waals surface area contributed by atoms with E-state index in [-0.39, 0.29) is 18.4 Å². The van der Waals surface area contributed by atoms with E-state index >= 15 is 0 Å². The summed E-state index contributed by atoms with van der Waals surface area (Å²) < 4.78 is 0. The Kier molecular flexibility index (Phi) is 6.38. The molecule has 1 aromatic heterocycles. The molecule has 7 heteroatoms. The molecule has 1 fully saturated rings. The van der Waals surface area contributed by atoms with Gasteiger partial charge >= 0.3 is 5.97 Å². The molecule has 6 nitrogen and oxygen atoms in total. The molecule has 2 rings (SSSR count). The number of aliphatic carboxylic acids is 1. The number of carbonyl (C=O) groups is 2. The first-order chi connectivity index (χ1) is 11.0. The molecule has 126 valence electrons. The molecule has 1 saturated heterocycles. The molecule has 0 aromatic carbocycles. The smallest absolute Gasteiger partial charge is 0.303 e. The Morgan fingerprint density at radius 1 is 1.30 bits per heavy atom. The lowest BCUT2D eigenvalue weighted by atomic mass is 9.98. The van der Waals surface area contributed by atoms with Crippen LogP contribution in [0.3, 0.4) is 0 Å². The number of carbonyl (C=O) groups excluding carboxylic acids is 1. The average Bonchev–Trinajstić information content (AvgIpc) is 2.50.